The quantitative estimate of drug-likeness (QED) is 0.289. The lowest BCUT2D eigenvalue weighted by molar-refractivity contribution is -0.757. The molecule has 2 rings (SSSR count). The van der Waals surface area contributed by atoms with Crippen molar-refractivity contribution in [2.45, 2.75) is 26.7 Å². The summed E-state index contributed by atoms with van der Waals surface area (Å²) in [6.45, 7) is 0.112. The summed E-state index contributed by atoms with van der Waals surface area (Å²) >= 11 is 0. The zero-order valence-electron chi connectivity index (χ0n) is 13.5. The van der Waals surface area contributed by atoms with Crippen LogP contribution in [0.4, 0.5) is 4.39 Å². The van der Waals surface area contributed by atoms with Crippen molar-refractivity contribution in [3.8, 4) is 11.1 Å². The van der Waals surface area contributed by atoms with E-state index in [4.69, 9.17) is 4.74 Å². The highest BCUT2D eigenvalue weighted by atomic mass is 19.1. The first kappa shape index (κ1) is 21.1. The maximum atomic E-state index is 14.2. The summed E-state index contributed by atoms with van der Waals surface area (Å²) in [4.78, 5) is 25.8. The molecule has 0 aliphatic rings. The highest BCUT2D eigenvalue weighted by molar-refractivity contribution is 5.73. The van der Waals surface area contributed by atoms with E-state index in [1.54, 1.807) is 12.1 Å². The first-order valence-electron chi connectivity index (χ1n) is 7.83. The Hall–Kier alpha value is -2.96. The molecule has 0 atom stereocenters. The van der Waals surface area contributed by atoms with Crippen molar-refractivity contribution in [2.24, 2.45) is 0 Å². The fraction of sp³-hybridized carbons (Fsp3) is 0.316. The fourth-order valence-corrected chi connectivity index (χ4v) is 2.27. The van der Waals surface area contributed by atoms with Crippen LogP contribution in [0.15, 0.2) is 48.5 Å². The predicted octanol–water partition coefficient (Wildman–Crippen LogP) is 4.20. The Morgan fingerprint density at radius 3 is 2.42 bits per heavy atom. The van der Waals surface area contributed by atoms with E-state index < -0.39 is 16.9 Å². The summed E-state index contributed by atoms with van der Waals surface area (Å²) in [5, 5.41) is 9.09. The normalized spacial score (nSPS) is 9.88. The molecule has 0 heterocycles. The minimum Gasteiger partial charge on any atom is -0.465 e. The lowest BCUT2D eigenvalue weighted by Crippen LogP contribution is -2.10. The van der Waals surface area contributed by atoms with Crippen LogP contribution in [0.2, 0.25) is 0 Å². The maximum absolute atomic E-state index is 14.2. The third-order valence-corrected chi connectivity index (χ3v) is 3.47. The van der Waals surface area contributed by atoms with Gasteiger partial charge in [-0.1, -0.05) is 49.9 Å². The predicted molar refractivity (Wildman–Crippen MR) is 95.4 cm³/mol. The average molecular weight is 363 g/mol. The van der Waals surface area contributed by atoms with E-state index in [-0.39, 0.29) is 27.1 Å². The van der Waals surface area contributed by atoms with Gasteiger partial charge in [0.1, 0.15) is 5.82 Å². The Kier molecular flexibility index (Phi) is 8.77. The third kappa shape index (κ3) is 6.88. The number of ether oxygens (including phenoxy) is 1. The standard InChI is InChI=1S/C18H18FNO5.CH4/c19-17-12-14(8-9-16(17)15-6-2-1-3-7-15)13-18(21)24-10-4-5-11-25-20(22)23;/h1-3,6-9,12H,4-5,10-11,13H2;1H4. The highest BCUT2D eigenvalue weighted by Crippen LogP contribution is 2.23. The van der Waals surface area contributed by atoms with Crippen molar-refractivity contribution >= 4 is 5.97 Å². The Bertz CT molecular complexity index is 721. The van der Waals surface area contributed by atoms with Crippen molar-refractivity contribution in [2.75, 3.05) is 13.2 Å². The Balaban J connectivity index is 0.00000338. The number of hydrogen-bond acceptors (Lipinski definition) is 5. The molecular formula is C19H22FNO5. The van der Waals surface area contributed by atoms with Gasteiger partial charge in [-0.2, -0.15) is 0 Å². The van der Waals surface area contributed by atoms with Gasteiger partial charge in [0, 0.05) is 5.56 Å². The van der Waals surface area contributed by atoms with Crippen LogP contribution in [0.3, 0.4) is 0 Å². The maximum Gasteiger partial charge on any atom is 0.310 e. The number of nitrogens with zero attached hydrogens (tertiary/aromatic N) is 1. The number of hydrogen-bond donors (Lipinski definition) is 0. The molecule has 0 spiro atoms. The van der Waals surface area contributed by atoms with Gasteiger partial charge >= 0.3 is 5.97 Å². The van der Waals surface area contributed by atoms with Gasteiger partial charge in [0.2, 0.25) is 0 Å². The lowest BCUT2D eigenvalue weighted by Gasteiger charge is -2.07. The smallest absolute Gasteiger partial charge is 0.310 e. The largest absolute Gasteiger partial charge is 0.465 e. The second-order valence-electron chi connectivity index (χ2n) is 5.34. The first-order valence-corrected chi connectivity index (χ1v) is 7.83. The number of esters is 1. The number of carbonyl (C=O) groups is 1. The Labute approximate surface area is 151 Å². The number of carbonyl (C=O) groups excluding carboxylic acids is 1. The second kappa shape index (κ2) is 10.8. The fourth-order valence-electron chi connectivity index (χ4n) is 2.27. The van der Waals surface area contributed by atoms with Crippen LogP contribution in [-0.4, -0.2) is 24.3 Å². The van der Waals surface area contributed by atoms with E-state index in [0.29, 0.717) is 24.0 Å². The van der Waals surface area contributed by atoms with Crippen molar-refractivity contribution in [1.82, 2.24) is 0 Å². The highest BCUT2D eigenvalue weighted by Gasteiger charge is 2.09. The Morgan fingerprint density at radius 1 is 1.08 bits per heavy atom. The molecule has 0 aliphatic heterocycles. The van der Waals surface area contributed by atoms with Gasteiger partial charge in [-0.3, -0.25) is 4.79 Å². The van der Waals surface area contributed by atoms with Gasteiger partial charge in [0.05, 0.1) is 19.6 Å². The number of rotatable bonds is 9. The zero-order chi connectivity index (χ0) is 18.1. The molecule has 26 heavy (non-hydrogen) atoms. The van der Waals surface area contributed by atoms with Gasteiger partial charge in [0.25, 0.3) is 5.09 Å². The number of unbranched alkanes of at least 4 members (excludes halogenated alkanes) is 1. The van der Waals surface area contributed by atoms with Crippen LogP contribution in [0, 0.1) is 15.9 Å². The lowest BCUT2D eigenvalue weighted by atomic mass is 10.0. The summed E-state index contributed by atoms with van der Waals surface area (Å²) in [6.07, 6.45) is 0.840. The zero-order valence-corrected chi connectivity index (χ0v) is 13.5. The van der Waals surface area contributed by atoms with E-state index in [1.807, 2.05) is 30.3 Å². The molecule has 0 saturated heterocycles. The summed E-state index contributed by atoms with van der Waals surface area (Å²) in [7, 11) is 0. The van der Waals surface area contributed by atoms with E-state index >= 15 is 0 Å². The molecule has 0 aromatic heterocycles. The van der Waals surface area contributed by atoms with Gasteiger partial charge in [-0.15, -0.1) is 10.1 Å². The van der Waals surface area contributed by atoms with Crippen LogP contribution >= 0.6 is 0 Å². The molecule has 0 N–H and O–H groups in total. The molecule has 140 valence electrons. The summed E-state index contributed by atoms with van der Waals surface area (Å²) in [5.41, 5.74) is 1.77. The van der Waals surface area contributed by atoms with Crippen molar-refractivity contribution in [3.05, 3.63) is 70.0 Å². The molecule has 6 nitrogen and oxygen atoms in total. The van der Waals surface area contributed by atoms with Crippen molar-refractivity contribution in [1.29, 1.82) is 0 Å². The van der Waals surface area contributed by atoms with Gasteiger partial charge in [-0.05, 0) is 30.0 Å². The topological polar surface area (TPSA) is 78.7 Å². The SMILES string of the molecule is C.O=C(Cc1ccc(-c2ccccc2)c(F)c1)OCCCCO[N+](=O)[O-]. The molecule has 0 radical (unpaired) electrons. The van der Waals surface area contributed by atoms with E-state index in [0.717, 1.165) is 5.56 Å². The molecule has 0 bridgehead atoms. The van der Waals surface area contributed by atoms with Crippen LogP contribution < -0.4 is 0 Å². The average Bonchev–Trinajstić information content (AvgIpc) is 2.58. The summed E-state index contributed by atoms with van der Waals surface area (Å²) in [6, 6.07) is 13.8. The minimum atomic E-state index is -0.861. The molecule has 0 saturated carbocycles. The molecule has 2 aromatic carbocycles. The van der Waals surface area contributed by atoms with Crippen LogP contribution in [0.25, 0.3) is 11.1 Å². The molecule has 0 amide bonds. The molecule has 2 aromatic rings. The molecule has 0 fully saturated rings. The number of benzene rings is 2. The van der Waals surface area contributed by atoms with Gasteiger partial charge in [0.15, 0.2) is 0 Å². The van der Waals surface area contributed by atoms with Gasteiger partial charge < -0.3 is 9.57 Å². The molecular weight excluding hydrogens is 341 g/mol. The summed E-state index contributed by atoms with van der Waals surface area (Å²) < 4.78 is 19.2. The molecule has 0 unspecified atom stereocenters. The van der Waals surface area contributed by atoms with Crippen molar-refractivity contribution in [3.63, 3.8) is 0 Å². The van der Waals surface area contributed by atoms with Crippen LogP contribution in [0.5, 0.6) is 0 Å². The Morgan fingerprint density at radius 2 is 1.77 bits per heavy atom. The number of halogens is 1. The van der Waals surface area contributed by atoms with Crippen molar-refractivity contribution < 1.29 is 23.8 Å². The van der Waals surface area contributed by atoms with E-state index in [9.17, 15) is 19.3 Å². The van der Waals surface area contributed by atoms with E-state index in [1.165, 1.54) is 6.07 Å². The molecule has 0 aliphatic carbocycles. The first-order chi connectivity index (χ1) is 12.1. The summed E-state index contributed by atoms with van der Waals surface area (Å²) in [5.74, 6) is -0.865. The second-order valence-corrected chi connectivity index (χ2v) is 5.34. The van der Waals surface area contributed by atoms with Crippen LogP contribution in [-0.2, 0) is 20.8 Å². The van der Waals surface area contributed by atoms with Crippen LogP contribution in [0.1, 0.15) is 25.8 Å². The minimum absolute atomic E-state index is 0. The molecule has 7 heteroatoms. The monoisotopic (exact) mass is 363 g/mol. The third-order valence-electron chi connectivity index (χ3n) is 3.47. The van der Waals surface area contributed by atoms with E-state index in [2.05, 4.69) is 4.84 Å². The van der Waals surface area contributed by atoms with Gasteiger partial charge in [-0.25, -0.2) is 4.39 Å².